The van der Waals surface area contributed by atoms with Crippen molar-refractivity contribution in [1.29, 1.82) is 0 Å². The third-order valence-electron chi connectivity index (χ3n) is 3.67. The van der Waals surface area contributed by atoms with Crippen LogP contribution < -0.4 is 5.56 Å². The topological polar surface area (TPSA) is 22.0 Å². The van der Waals surface area contributed by atoms with Crippen LogP contribution in [0.25, 0.3) is 16.5 Å². The Bertz CT molecular complexity index is 886. The Morgan fingerprint density at radius 3 is 2.58 bits per heavy atom. The molecule has 5 heteroatoms. The molecule has 0 aliphatic carbocycles. The van der Waals surface area contributed by atoms with Gasteiger partial charge in [-0.05, 0) is 43.0 Å². The lowest BCUT2D eigenvalue weighted by Gasteiger charge is -2.17. The van der Waals surface area contributed by atoms with E-state index in [2.05, 4.69) is 6.58 Å². The number of rotatable bonds is 4. The monoisotopic (exact) mass is 333 g/mol. The van der Waals surface area contributed by atoms with Gasteiger partial charge in [0.2, 0.25) is 0 Å². The number of hydrogen-bond acceptors (Lipinski definition) is 1. The van der Waals surface area contributed by atoms with Gasteiger partial charge in [-0.25, -0.2) is 0 Å². The third kappa shape index (κ3) is 3.20. The van der Waals surface area contributed by atoms with Gasteiger partial charge in [-0.2, -0.15) is 13.2 Å². The molecule has 1 heterocycles. The summed E-state index contributed by atoms with van der Waals surface area (Å²) in [6, 6.07) is 5.42. The fraction of sp³-hybridized carbons (Fsp3) is 0.211. The zero-order valence-corrected chi connectivity index (χ0v) is 13.5. The average Bonchev–Trinajstić information content (AvgIpc) is 2.53. The molecule has 0 aliphatic rings. The fourth-order valence-electron chi connectivity index (χ4n) is 2.69. The maximum Gasteiger partial charge on any atom is 0.417 e. The van der Waals surface area contributed by atoms with E-state index in [-0.39, 0.29) is 5.39 Å². The lowest BCUT2D eigenvalue weighted by Crippen LogP contribution is -2.24. The highest BCUT2D eigenvalue weighted by atomic mass is 19.4. The Morgan fingerprint density at radius 2 is 2.04 bits per heavy atom. The molecular formula is C19H18F3NO. The van der Waals surface area contributed by atoms with Gasteiger partial charge in [0.05, 0.1) is 10.9 Å². The number of pyridine rings is 1. The second kappa shape index (κ2) is 6.91. The van der Waals surface area contributed by atoms with Gasteiger partial charge in [0.25, 0.3) is 5.56 Å². The molecule has 126 valence electrons. The first-order valence-electron chi connectivity index (χ1n) is 7.55. The zero-order chi connectivity index (χ0) is 17.9. The molecule has 2 rings (SSSR count). The predicted octanol–water partition coefficient (Wildman–Crippen LogP) is 5.19. The lowest BCUT2D eigenvalue weighted by atomic mass is 10.0. The normalized spacial score (nSPS) is 13.0. The Kier molecular flexibility index (Phi) is 5.12. The van der Waals surface area contributed by atoms with Crippen molar-refractivity contribution in [3.05, 3.63) is 76.8 Å². The summed E-state index contributed by atoms with van der Waals surface area (Å²) in [6.07, 6.45) is 2.41. The second-order valence-corrected chi connectivity index (χ2v) is 5.22. The van der Waals surface area contributed by atoms with Gasteiger partial charge in [0.15, 0.2) is 0 Å². The minimum absolute atomic E-state index is 0.293. The van der Waals surface area contributed by atoms with Crippen molar-refractivity contribution >= 4 is 16.5 Å². The molecule has 0 amide bonds. The molecular weight excluding hydrogens is 315 g/mol. The van der Waals surface area contributed by atoms with Crippen LogP contribution in [0.15, 0.2) is 59.9 Å². The Hall–Kier alpha value is -2.56. The summed E-state index contributed by atoms with van der Waals surface area (Å²) in [7, 11) is 0. The molecule has 2 nitrogen and oxygen atoms in total. The van der Waals surface area contributed by atoms with E-state index in [1.54, 1.807) is 31.2 Å². The number of alkyl halides is 3. The van der Waals surface area contributed by atoms with Crippen molar-refractivity contribution in [2.24, 2.45) is 0 Å². The molecule has 2 aromatic rings. The van der Waals surface area contributed by atoms with Crippen LogP contribution in [0.5, 0.6) is 0 Å². The van der Waals surface area contributed by atoms with Gasteiger partial charge in [0.1, 0.15) is 0 Å². The van der Waals surface area contributed by atoms with E-state index < -0.39 is 17.3 Å². The molecule has 0 unspecified atom stereocenters. The van der Waals surface area contributed by atoms with Crippen LogP contribution >= 0.6 is 0 Å². The highest BCUT2D eigenvalue weighted by molar-refractivity contribution is 5.87. The molecule has 24 heavy (non-hydrogen) atoms. The van der Waals surface area contributed by atoms with Crippen molar-refractivity contribution in [3.8, 4) is 0 Å². The maximum absolute atomic E-state index is 13.3. The van der Waals surface area contributed by atoms with E-state index in [0.717, 1.165) is 6.07 Å². The average molecular weight is 333 g/mol. The summed E-state index contributed by atoms with van der Waals surface area (Å²) in [6.45, 7) is 7.23. The molecule has 0 N–H and O–H groups in total. The largest absolute Gasteiger partial charge is 0.417 e. The van der Waals surface area contributed by atoms with Gasteiger partial charge >= 0.3 is 6.18 Å². The van der Waals surface area contributed by atoms with Crippen LogP contribution in [-0.2, 0) is 12.6 Å². The highest BCUT2D eigenvalue weighted by Gasteiger charge is 2.34. The first kappa shape index (κ1) is 17.8. The van der Waals surface area contributed by atoms with Crippen LogP contribution in [0.2, 0.25) is 0 Å². The number of fused-ring (bicyclic) bond motifs is 1. The van der Waals surface area contributed by atoms with E-state index in [0.29, 0.717) is 23.2 Å². The third-order valence-corrected chi connectivity index (χ3v) is 3.67. The highest BCUT2D eigenvalue weighted by Crippen LogP contribution is 2.33. The number of aryl methyl sites for hydroxylation is 1. The molecule has 0 atom stereocenters. The van der Waals surface area contributed by atoms with E-state index >= 15 is 0 Å². The maximum atomic E-state index is 13.3. The lowest BCUT2D eigenvalue weighted by molar-refractivity contribution is -0.136. The number of halogens is 3. The van der Waals surface area contributed by atoms with Crippen LogP contribution in [0.4, 0.5) is 13.2 Å². The molecule has 0 spiro atoms. The van der Waals surface area contributed by atoms with Gasteiger partial charge in [-0.3, -0.25) is 9.36 Å². The van der Waals surface area contributed by atoms with Crippen molar-refractivity contribution < 1.29 is 13.2 Å². The summed E-state index contributed by atoms with van der Waals surface area (Å²) in [4.78, 5) is 12.9. The number of allylic oxidation sites excluding steroid dienone is 5. The molecule has 0 saturated carbocycles. The molecule has 1 aromatic carbocycles. The van der Waals surface area contributed by atoms with Crippen molar-refractivity contribution in [2.75, 3.05) is 0 Å². The summed E-state index contributed by atoms with van der Waals surface area (Å²) in [5.74, 6) is 0. The van der Waals surface area contributed by atoms with Gasteiger partial charge in [0, 0.05) is 11.4 Å². The number of benzene rings is 1. The number of aromatic nitrogens is 1. The molecule has 0 saturated heterocycles. The fourth-order valence-corrected chi connectivity index (χ4v) is 2.69. The Morgan fingerprint density at radius 1 is 1.33 bits per heavy atom. The Balaban J connectivity index is 3.00. The standard InChI is InChI=1S/C19H18F3NO/c1-4-8-15(9-5-2)23-14(6-3)12-13-10-7-11-16(19(20,21)22)17(13)18(23)24/h4-5,7-12H,1,6H2,2-3H3/b9-5-,15-8+. The van der Waals surface area contributed by atoms with E-state index in [1.807, 2.05) is 6.92 Å². The van der Waals surface area contributed by atoms with Crippen LogP contribution in [0, 0.1) is 0 Å². The quantitative estimate of drug-likeness (QED) is 0.706. The van der Waals surface area contributed by atoms with Gasteiger partial charge in [-0.1, -0.05) is 37.8 Å². The van der Waals surface area contributed by atoms with Crippen LogP contribution in [0.3, 0.4) is 0 Å². The summed E-state index contributed by atoms with van der Waals surface area (Å²) in [5.41, 5.74) is -0.477. The summed E-state index contributed by atoms with van der Waals surface area (Å²) in [5, 5.41) is -0.0250. The van der Waals surface area contributed by atoms with Crippen molar-refractivity contribution in [1.82, 2.24) is 4.57 Å². The van der Waals surface area contributed by atoms with E-state index in [4.69, 9.17) is 0 Å². The molecule has 0 bridgehead atoms. The molecule has 0 radical (unpaired) electrons. The van der Waals surface area contributed by atoms with Crippen LogP contribution in [-0.4, -0.2) is 4.57 Å². The second-order valence-electron chi connectivity index (χ2n) is 5.22. The SMILES string of the molecule is C=C/C=C(\C=C/C)n1c(CC)cc2cccc(C(F)(F)F)c2c1=O. The van der Waals surface area contributed by atoms with Crippen molar-refractivity contribution in [2.45, 2.75) is 26.4 Å². The van der Waals surface area contributed by atoms with E-state index in [9.17, 15) is 18.0 Å². The predicted molar refractivity (Wildman–Crippen MR) is 91.9 cm³/mol. The van der Waals surface area contributed by atoms with Crippen molar-refractivity contribution in [3.63, 3.8) is 0 Å². The molecule has 0 aliphatic heterocycles. The van der Waals surface area contributed by atoms with E-state index in [1.165, 1.54) is 22.8 Å². The first-order valence-corrected chi connectivity index (χ1v) is 7.55. The zero-order valence-electron chi connectivity index (χ0n) is 13.5. The summed E-state index contributed by atoms with van der Waals surface area (Å²) < 4.78 is 41.3. The minimum atomic E-state index is -4.59. The van der Waals surface area contributed by atoms with Gasteiger partial charge < -0.3 is 0 Å². The number of hydrogen-bond donors (Lipinski definition) is 0. The first-order chi connectivity index (χ1) is 11.3. The molecule has 0 fully saturated rings. The smallest absolute Gasteiger partial charge is 0.281 e. The van der Waals surface area contributed by atoms with Crippen LogP contribution in [0.1, 0.15) is 25.1 Å². The molecule has 1 aromatic heterocycles. The Labute approximate surface area is 138 Å². The van der Waals surface area contributed by atoms with Gasteiger partial charge in [-0.15, -0.1) is 0 Å². The minimum Gasteiger partial charge on any atom is -0.281 e. The number of nitrogens with zero attached hydrogens (tertiary/aromatic N) is 1. The summed E-state index contributed by atoms with van der Waals surface area (Å²) >= 11 is 0.